The normalized spacial score (nSPS) is 18.0. The first-order chi connectivity index (χ1) is 42.3. The number of ether oxygens (including phenoxy) is 6. The van der Waals surface area contributed by atoms with Crippen LogP contribution in [0.2, 0.25) is 0 Å². The molecular weight excluding hydrogens is 1160 g/mol. The summed E-state index contributed by atoms with van der Waals surface area (Å²) in [5.41, 5.74) is 1.01. The minimum atomic E-state index is -2.07. The van der Waals surface area contributed by atoms with E-state index in [0.29, 0.717) is 70.6 Å². The molecule has 88 heavy (non-hydrogen) atoms. The van der Waals surface area contributed by atoms with Crippen molar-refractivity contribution in [3.05, 3.63) is 73.8 Å². The zero-order chi connectivity index (χ0) is 63.1. The van der Waals surface area contributed by atoms with Crippen LogP contribution in [0.15, 0.2) is 29.1 Å². The first-order valence-electron chi connectivity index (χ1n) is 28.7. The topological polar surface area (TPSA) is 389 Å². The molecule has 1 fully saturated rings. The number of esters is 1. The number of carbonyl (C=O) groups is 11. The molecule has 8 rings (SSSR count). The summed E-state index contributed by atoms with van der Waals surface area (Å²) in [6, 6.07) is 2.19. The van der Waals surface area contributed by atoms with E-state index in [-0.39, 0.29) is 122 Å². The van der Waals surface area contributed by atoms with E-state index >= 15 is 4.39 Å². The lowest BCUT2D eigenvalue weighted by molar-refractivity contribution is -0.172. The van der Waals surface area contributed by atoms with Gasteiger partial charge in [0.2, 0.25) is 41.4 Å². The van der Waals surface area contributed by atoms with Gasteiger partial charge in [0, 0.05) is 67.2 Å². The number of aryl methyl sites for hydroxylation is 1. The number of hydrogen-bond acceptors (Lipinski definition) is 20. The number of hydrogen-bond donors (Lipinski definition) is 8. The van der Waals surface area contributed by atoms with Gasteiger partial charge in [0.15, 0.2) is 11.7 Å². The molecular formula is C57H70FN11O19. The van der Waals surface area contributed by atoms with E-state index in [9.17, 15) is 62.6 Å². The zero-order valence-electron chi connectivity index (χ0n) is 48.6. The quantitative estimate of drug-likeness (QED) is 0.0137. The third kappa shape index (κ3) is 16.1. The average Bonchev–Trinajstić information content (AvgIpc) is 1.49. The molecule has 1 saturated heterocycles. The van der Waals surface area contributed by atoms with E-state index in [2.05, 4.69) is 37.2 Å². The predicted octanol–water partition coefficient (Wildman–Crippen LogP) is -3.67. The van der Waals surface area contributed by atoms with Crippen molar-refractivity contribution in [1.82, 2.24) is 56.6 Å². The van der Waals surface area contributed by atoms with Gasteiger partial charge in [0.25, 0.3) is 23.3 Å². The minimum absolute atomic E-state index is 0.00466. The Bertz CT molecular complexity index is 3320. The Hall–Kier alpha value is -8.62. The molecule has 1 aliphatic carbocycles. The largest absolute Gasteiger partial charge is 0.458 e. The maximum atomic E-state index is 15.4. The van der Waals surface area contributed by atoms with Gasteiger partial charge in [-0.3, -0.25) is 57.6 Å². The molecule has 31 heteroatoms. The summed E-state index contributed by atoms with van der Waals surface area (Å²) in [5, 5.41) is 29.4. The zero-order valence-corrected chi connectivity index (χ0v) is 48.6. The van der Waals surface area contributed by atoms with Gasteiger partial charge in [-0.05, 0) is 48.9 Å². The number of halogens is 1. The molecule has 474 valence electrons. The van der Waals surface area contributed by atoms with Crippen LogP contribution < -0.4 is 42.8 Å². The van der Waals surface area contributed by atoms with E-state index in [4.69, 9.17) is 33.4 Å². The van der Waals surface area contributed by atoms with Gasteiger partial charge in [-0.15, -0.1) is 0 Å². The number of nitrogens with one attached hydrogen (secondary N) is 7. The fourth-order valence-corrected chi connectivity index (χ4v) is 10.5. The molecule has 8 N–H and O–H groups in total. The fraction of sp³-hybridized carbons (Fsp3) is 0.526. The Morgan fingerprint density at radius 3 is 1.93 bits per heavy atom. The van der Waals surface area contributed by atoms with Crippen LogP contribution in [-0.2, 0) is 106 Å². The van der Waals surface area contributed by atoms with Crippen molar-refractivity contribution in [2.75, 3.05) is 118 Å². The van der Waals surface area contributed by atoms with Crippen LogP contribution in [0.4, 0.5) is 4.39 Å². The Kier molecular flexibility index (Phi) is 22.5. The number of pyridine rings is 2. The Morgan fingerprint density at radius 2 is 1.31 bits per heavy atom. The number of aliphatic hydroxyl groups is 1. The number of fused-ring (bicyclic) bond motifs is 5. The summed E-state index contributed by atoms with van der Waals surface area (Å²) in [5.74, 6) is -7.03. The van der Waals surface area contributed by atoms with Crippen LogP contribution in [-0.4, -0.2) is 214 Å². The summed E-state index contributed by atoms with van der Waals surface area (Å²) < 4.78 is 49.5. The summed E-state index contributed by atoms with van der Waals surface area (Å²) >= 11 is 0. The van der Waals surface area contributed by atoms with Crippen LogP contribution in [0.3, 0.4) is 0 Å². The monoisotopic (exact) mass is 1230 g/mol. The molecule has 10 amide bonds. The summed E-state index contributed by atoms with van der Waals surface area (Å²) in [6.07, 6.45) is 1.79. The number of cyclic esters (lactones) is 1. The van der Waals surface area contributed by atoms with Crippen molar-refractivity contribution in [3.8, 4) is 11.4 Å². The molecule has 0 unspecified atom stereocenters. The highest BCUT2D eigenvalue weighted by molar-refractivity contribution is 6.13. The number of rotatable bonds is 31. The van der Waals surface area contributed by atoms with Gasteiger partial charge in [-0.1, -0.05) is 6.92 Å². The van der Waals surface area contributed by atoms with Gasteiger partial charge < -0.3 is 80.2 Å². The Labute approximate surface area is 502 Å². The molecule has 3 atom stereocenters. The summed E-state index contributed by atoms with van der Waals surface area (Å²) in [4.78, 5) is 158. The third-order valence-corrected chi connectivity index (χ3v) is 15.2. The number of amides is 10. The second-order valence-corrected chi connectivity index (χ2v) is 21.0. The van der Waals surface area contributed by atoms with Crippen LogP contribution in [0.5, 0.6) is 0 Å². The van der Waals surface area contributed by atoms with E-state index in [1.54, 1.807) is 19.9 Å². The Morgan fingerprint density at radius 1 is 0.727 bits per heavy atom. The molecule has 5 aliphatic rings. The number of morpholine rings is 1. The molecule has 0 radical (unpaired) electrons. The molecule has 30 nitrogen and oxygen atoms in total. The van der Waals surface area contributed by atoms with Crippen molar-refractivity contribution in [2.24, 2.45) is 0 Å². The van der Waals surface area contributed by atoms with E-state index in [1.165, 1.54) is 15.5 Å². The number of benzene rings is 1. The molecule has 6 heterocycles. The van der Waals surface area contributed by atoms with Crippen molar-refractivity contribution in [3.63, 3.8) is 0 Å². The van der Waals surface area contributed by atoms with Crippen molar-refractivity contribution >= 4 is 75.9 Å². The second-order valence-electron chi connectivity index (χ2n) is 21.0. The lowest BCUT2D eigenvalue weighted by Crippen LogP contribution is -2.54. The highest BCUT2D eigenvalue weighted by Gasteiger charge is 2.46. The highest BCUT2D eigenvalue weighted by atomic mass is 19.1. The van der Waals surface area contributed by atoms with Gasteiger partial charge in [0.1, 0.15) is 12.4 Å². The van der Waals surface area contributed by atoms with E-state index in [1.807, 2.05) is 0 Å². The van der Waals surface area contributed by atoms with Crippen LogP contribution >= 0.6 is 0 Å². The second kappa shape index (κ2) is 30.3. The fourth-order valence-electron chi connectivity index (χ4n) is 10.5. The lowest BCUT2D eigenvalue weighted by atomic mass is 9.81. The van der Waals surface area contributed by atoms with Gasteiger partial charge in [0.05, 0.1) is 134 Å². The van der Waals surface area contributed by atoms with Crippen LogP contribution in [0.1, 0.15) is 72.0 Å². The molecule has 1 aromatic carbocycles. The minimum Gasteiger partial charge on any atom is -0.458 e. The lowest BCUT2D eigenvalue weighted by Gasteiger charge is -2.34. The van der Waals surface area contributed by atoms with Crippen LogP contribution in [0, 0.1) is 12.7 Å². The van der Waals surface area contributed by atoms with Crippen molar-refractivity contribution in [1.29, 1.82) is 0 Å². The van der Waals surface area contributed by atoms with Gasteiger partial charge in [-0.25, -0.2) is 14.2 Å². The number of nitrogens with zero attached hydrogens (tertiary/aromatic N) is 4. The number of carbonyl (C=O) groups excluding carboxylic acids is 11. The maximum absolute atomic E-state index is 15.4. The van der Waals surface area contributed by atoms with Crippen molar-refractivity contribution in [2.45, 2.75) is 76.9 Å². The predicted molar refractivity (Wildman–Crippen MR) is 301 cm³/mol. The molecule has 0 saturated carbocycles. The molecule has 0 spiro atoms. The van der Waals surface area contributed by atoms with Crippen LogP contribution in [0.25, 0.3) is 22.3 Å². The molecule has 4 aliphatic heterocycles. The van der Waals surface area contributed by atoms with E-state index < -0.39 is 121 Å². The van der Waals surface area contributed by atoms with Crippen molar-refractivity contribution < 1.29 is 90.7 Å². The van der Waals surface area contributed by atoms with E-state index in [0.717, 1.165) is 17.1 Å². The molecule has 2 aromatic heterocycles. The molecule has 3 aromatic rings. The summed E-state index contributed by atoms with van der Waals surface area (Å²) in [6.45, 7) is 2.52. The molecule has 0 bridgehead atoms. The first-order valence-corrected chi connectivity index (χ1v) is 28.7. The first kappa shape index (κ1) is 65.4. The number of imide groups is 1. The maximum Gasteiger partial charge on any atom is 0.343 e. The van der Waals surface area contributed by atoms with Gasteiger partial charge in [-0.2, -0.15) is 0 Å². The smallest absolute Gasteiger partial charge is 0.343 e. The number of aromatic nitrogens is 2. The Balaban J connectivity index is 0.655. The summed E-state index contributed by atoms with van der Waals surface area (Å²) in [7, 11) is 0. The SMILES string of the molecule is CC[C@]1(O)C(=O)OCc2c1cc1n(c2=O)Cc2c-1nc1cc(F)c(C)c3c1c2[C@H](NC(=O)[C@@H]1CN(C(=O)CNC(=O)CNC(=O)CNC(=O)CNC(=O)CNC(=O)CCOCCOCCOCCOCCNC(=O)CCN2C(=O)C=CC2=O)CCO1)CC3. The van der Waals surface area contributed by atoms with Gasteiger partial charge >= 0.3 is 5.97 Å². The highest BCUT2D eigenvalue weighted by Crippen LogP contribution is 2.46. The average molecular weight is 1230 g/mol. The standard InChI is InChI=1S/C57H70FN11O19/c1-3-57(82)36-22-40-53-34(29-69(40)55(80)35(36)31-88-56(57)81)52-38(5-4-33-32(2)37(58)23-39(65-53)51(33)52)66-54(79)41-30-67(12-15-87-41)50(78)28-64-47(75)27-63-46(74)26-62-45(73)25-61-44(72)24-60-43(71)9-13-83-16-18-85-20-21-86-19-17-84-14-10-59-42(70)8-11-68-48(76)6-7-49(68)77/h6-7,22-23,38,41,82H,3-5,8-21,24-31H2,1-2H3,(H,59,70)(H,60,71)(H,61,72)(H,62,73)(H,63,74)(H,64,75)(H,66,79)/t38-,41+,57-/m1/s1. The third-order valence-electron chi connectivity index (χ3n) is 15.2.